The molecule has 5 nitrogen and oxygen atoms in total. The van der Waals surface area contributed by atoms with Gasteiger partial charge in [0.2, 0.25) is 0 Å². The summed E-state index contributed by atoms with van der Waals surface area (Å²) in [5.41, 5.74) is 1.20. The van der Waals surface area contributed by atoms with Gasteiger partial charge >= 0.3 is 6.03 Å². The van der Waals surface area contributed by atoms with Crippen molar-refractivity contribution >= 4 is 22.5 Å². The number of amides is 2. The van der Waals surface area contributed by atoms with Crippen LogP contribution in [0.1, 0.15) is 32.9 Å². The second-order valence-corrected chi connectivity index (χ2v) is 7.06. The number of likely N-dealkylation sites (tertiary alicyclic amines) is 1. The SMILES string of the molecule is CC(C)(C)Cc1csc(NC(=O)N2CC[C@H](O)C2)n1. The van der Waals surface area contributed by atoms with Crippen molar-refractivity contribution in [2.24, 2.45) is 5.41 Å². The van der Waals surface area contributed by atoms with Crippen molar-refractivity contribution in [2.75, 3.05) is 18.4 Å². The third-order valence-corrected chi connectivity index (χ3v) is 3.73. The lowest BCUT2D eigenvalue weighted by Crippen LogP contribution is -2.33. The number of aliphatic hydroxyl groups excluding tert-OH is 1. The van der Waals surface area contributed by atoms with Crippen LogP contribution < -0.4 is 5.32 Å². The fraction of sp³-hybridized carbons (Fsp3) is 0.692. The number of thiazole rings is 1. The van der Waals surface area contributed by atoms with Gasteiger partial charge in [-0.1, -0.05) is 20.8 Å². The van der Waals surface area contributed by atoms with Crippen LogP contribution in [0, 0.1) is 5.41 Å². The number of rotatable bonds is 2. The number of carbonyl (C=O) groups excluding carboxylic acids is 1. The van der Waals surface area contributed by atoms with Gasteiger partial charge in [0, 0.05) is 18.5 Å². The fourth-order valence-corrected chi connectivity index (χ4v) is 2.79. The lowest BCUT2D eigenvalue weighted by atomic mass is 9.91. The number of anilines is 1. The molecule has 1 atom stereocenters. The smallest absolute Gasteiger partial charge is 0.323 e. The Morgan fingerprint density at radius 3 is 2.95 bits per heavy atom. The van der Waals surface area contributed by atoms with Gasteiger partial charge < -0.3 is 10.0 Å². The zero-order valence-electron chi connectivity index (χ0n) is 11.6. The van der Waals surface area contributed by atoms with Crippen molar-refractivity contribution in [3.8, 4) is 0 Å². The van der Waals surface area contributed by atoms with Crippen molar-refractivity contribution in [1.82, 2.24) is 9.88 Å². The van der Waals surface area contributed by atoms with Gasteiger partial charge in [-0.05, 0) is 18.3 Å². The van der Waals surface area contributed by atoms with Crippen LogP contribution in [0.3, 0.4) is 0 Å². The van der Waals surface area contributed by atoms with E-state index in [1.165, 1.54) is 11.3 Å². The molecule has 6 heteroatoms. The van der Waals surface area contributed by atoms with E-state index in [9.17, 15) is 9.90 Å². The maximum atomic E-state index is 11.9. The van der Waals surface area contributed by atoms with Gasteiger partial charge in [0.1, 0.15) is 0 Å². The van der Waals surface area contributed by atoms with Gasteiger partial charge in [-0.15, -0.1) is 11.3 Å². The molecule has 1 saturated heterocycles. The molecule has 0 radical (unpaired) electrons. The average Bonchev–Trinajstić information content (AvgIpc) is 2.85. The molecule has 0 aliphatic carbocycles. The Morgan fingerprint density at radius 2 is 2.37 bits per heavy atom. The molecule has 2 N–H and O–H groups in total. The van der Waals surface area contributed by atoms with Gasteiger partial charge in [0.05, 0.1) is 11.8 Å². The Hall–Kier alpha value is -1.14. The molecule has 0 saturated carbocycles. The highest BCUT2D eigenvalue weighted by Gasteiger charge is 2.25. The first-order chi connectivity index (χ1) is 8.83. The van der Waals surface area contributed by atoms with E-state index < -0.39 is 6.10 Å². The number of hydrogen-bond donors (Lipinski definition) is 2. The summed E-state index contributed by atoms with van der Waals surface area (Å²) in [6.07, 6.45) is 1.15. The van der Waals surface area contributed by atoms with Crippen molar-refractivity contribution in [2.45, 2.75) is 39.7 Å². The predicted octanol–water partition coefficient (Wildman–Crippen LogP) is 2.33. The first kappa shape index (κ1) is 14.3. The van der Waals surface area contributed by atoms with Crippen LogP contribution in [-0.2, 0) is 6.42 Å². The normalized spacial score (nSPS) is 19.8. The van der Waals surface area contributed by atoms with Crippen LogP contribution in [-0.4, -0.2) is 40.2 Å². The molecule has 1 fully saturated rings. The summed E-state index contributed by atoms with van der Waals surface area (Å²) in [6, 6.07) is -0.173. The molecule has 2 heterocycles. The lowest BCUT2D eigenvalue weighted by Gasteiger charge is -2.16. The molecule has 0 aromatic carbocycles. The molecular weight excluding hydrogens is 262 g/mol. The van der Waals surface area contributed by atoms with Crippen molar-refractivity contribution in [1.29, 1.82) is 0 Å². The van der Waals surface area contributed by atoms with Gasteiger partial charge in [-0.2, -0.15) is 0 Å². The Bertz CT molecular complexity index is 453. The first-order valence-corrected chi connectivity index (χ1v) is 7.40. The van der Waals surface area contributed by atoms with Crippen LogP contribution in [0.2, 0.25) is 0 Å². The van der Waals surface area contributed by atoms with Gasteiger partial charge in [0.25, 0.3) is 0 Å². The number of nitrogens with one attached hydrogen (secondary N) is 1. The van der Waals surface area contributed by atoms with Crippen LogP contribution in [0.5, 0.6) is 0 Å². The molecular formula is C13H21N3O2S. The van der Waals surface area contributed by atoms with Gasteiger partial charge in [-0.25, -0.2) is 9.78 Å². The number of nitrogens with zero attached hydrogens (tertiary/aromatic N) is 2. The summed E-state index contributed by atoms with van der Waals surface area (Å²) >= 11 is 1.45. The minimum Gasteiger partial charge on any atom is -0.391 e. The van der Waals surface area contributed by atoms with E-state index >= 15 is 0 Å². The van der Waals surface area contributed by atoms with E-state index in [4.69, 9.17) is 0 Å². The summed E-state index contributed by atoms with van der Waals surface area (Å²) in [6.45, 7) is 7.50. The van der Waals surface area contributed by atoms with Gasteiger partial charge in [-0.3, -0.25) is 5.32 Å². The van der Waals surface area contributed by atoms with E-state index in [0.29, 0.717) is 24.6 Å². The lowest BCUT2D eigenvalue weighted by molar-refractivity contribution is 0.176. The second kappa shape index (κ2) is 5.46. The third-order valence-electron chi connectivity index (χ3n) is 2.93. The molecule has 19 heavy (non-hydrogen) atoms. The Balaban J connectivity index is 1.91. The summed E-state index contributed by atoms with van der Waals surface area (Å²) < 4.78 is 0. The maximum absolute atomic E-state index is 11.9. The minimum absolute atomic E-state index is 0.173. The van der Waals surface area contributed by atoms with E-state index in [1.807, 2.05) is 5.38 Å². The number of β-amino-alcohol motifs (C(OH)–C–C–N with tert-alkyl or cyclic N) is 1. The molecule has 2 amide bonds. The van der Waals surface area contributed by atoms with E-state index in [-0.39, 0.29) is 11.4 Å². The Kier molecular flexibility index (Phi) is 4.10. The molecule has 0 unspecified atom stereocenters. The summed E-state index contributed by atoms with van der Waals surface area (Å²) in [5.74, 6) is 0. The van der Waals surface area contributed by atoms with E-state index in [1.54, 1.807) is 4.90 Å². The van der Waals surface area contributed by atoms with Crippen LogP contribution >= 0.6 is 11.3 Å². The van der Waals surface area contributed by atoms with Gasteiger partial charge in [0.15, 0.2) is 5.13 Å². The molecule has 1 aliphatic rings. The van der Waals surface area contributed by atoms with Crippen LogP contribution in [0.4, 0.5) is 9.93 Å². The van der Waals surface area contributed by atoms with E-state index in [2.05, 4.69) is 31.1 Å². The summed E-state index contributed by atoms with van der Waals surface area (Å²) in [4.78, 5) is 18.0. The molecule has 106 valence electrons. The zero-order valence-corrected chi connectivity index (χ0v) is 12.5. The van der Waals surface area contributed by atoms with Crippen LogP contribution in [0.25, 0.3) is 0 Å². The minimum atomic E-state index is -0.390. The number of urea groups is 1. The summed E-state index contributed by atoms with van der Waals surface area (Å²) in [7, 11) is 0. The highest BCUT2D eigenvalue weighted by molar-refractivity contribution is 7.13. The Labute approximate surface area is 117 Å². The van der Waals surface area contributed by atoms with Crippen LogP contribution in [0.15, 0.2) is 5.38 Å². The number of hydrogen-bond acceptors (Lipinski definition) is 4. The zero-order chi connectivity index (χ0) is 14.0. The predicted molar refractivity (Wildman–Crippen MR) is 76.5 cm³/mol. The van der Waals surface area contributed by atoms with Crippen molar-refractivity contribution in [3.63, 3.8) is 0 Å². The number of carbonyl (C=O) groups is 1. The molecule has 0 bridgehead atoms. The molecule has 0 spiro atoms. The van der Waals surface area contributed by atoms with E-state index in [0.717, 1.165) is 12.1 Å². The van der Waals surface area contributed by atoms with Crippen molar-refractivity contribution in [3.05, 3.63) is 11.1 Å². The fourth-order valence-electron chi connectivity index (χ4n) is 2.09. The molecule has 1 aliphatic heterocycles. The molecule has 2 rings (SSSR count). The number of aliphatic hydroxyl groups is 1. The molecule has 1 aromatic heterocycles. The average molecular weight is 283 g/mol. The molecule has 1 aromatic rings. The Morgan fingerprint density at radius 1 is 1.63 bits per heavy atom. The summed E-state index contributed by atoms with van der Waals surface area (Å²) in [5, 5.41) is 14.8. The highest BCUT2D eigenvalue weighted by Crippen LogP contribution is 2.24. The van der Waals surface area contributed by atoms with Crippen molar-refractivity contribution < 1.29 is 9.90 Å². The monoisotopic (exact) mass is 283 g/mol. The highest BCUT2D eigenvalue weighted by atomic mass is 32.1. The number of aromatic nitrogens is 1. The maximum Gasteiger partial charge on any atom is 0.323 e. The standard InChI is InChI=1S/C13H21N3O2S/c1-13(2,3)6-9-8-19-11(14-9)15-12(18)16-5-4-10(17)7-16/h8,10,17H,4-7H2,1-3H3,(H,14,15,18)/t10-/m0/s1. The topological polar surface area (TPSA) is 65.5 Å². The quantitative estimate of drug-likeness (QED) is 0.875. The second-order valence-electron chi connectivity index (χ2n) is 6.20. The first-order valence-electron chi connectivity index (χ1n) is 6.52. The third kappa shape index (κ3) is 4.18. The largest absolute Gasteiger partial charge is 0.391 e.